The Balaban J connectivity index is 1.83. The van der Waals surface area contributed by atoms with Crippen LogP contribution in [0, 0.1) is 17.8 Å². The fourth-order valence-electron chi connectivity index (χ4n) is 2.51. The molecule has 2 nitrogen and oxygen atoms in total. The highest BCUT2D eigenvalue weighted by atomic mass is 19.3. The lowest BCUT2D eigenvalue weighted by Crippen LogP contribution is -2.26. The van der Waals surface area contributed by atoms with Crippen LogP contribution in [0.5, 0.6) is 0 Å². The predicted molar refractivity (Wildman–Crippen MR) is 46.1 cm³/mol. The fourth-order valence-corrected chi connectivity index (χ4v) is 2.51. The highest BCUT2D eigenvalue weighted by Crippen LogP contribution is 2.51. The molecule has 0 unspecified atom stereocenters. The molecule has 0 spiro atoms. The van der Waals surface area contributed by atoms with Gasteiger partial charge in [-0.25, -0.2) is 8.78 Å². The molecule has 0 radical (unpaired) electrons. The van der Waals surface area contributed by atoms with Crippen molar-refractivity contribution in [3.63, 3.8) is 0 Å². The molecule has 2 fully saturated rings. The Morgan fingerprint density at radius 3 is 2.29 bits per heavy atom. The number of rotatable bonds is 2. The van der Waals surface area contributed by atoms with E-state index in [1.807, 2.05) is 0 Å². The van der Waals surface area contributed by atoms with Gasteiger partial charge >= 0.3 is 5.97 Å². The minimum atomic E-state index is -2.50. The van der Waals surface area contributed by atoms with Crippen molar-refractivity contribution in [1.29, 1.82) is 0 Å². The molecule has 1 N–H and O–H groups in total. The van der Waals surface area contributed by atoms with E-state index in [9.17, 15) is 13.6 Å². The number of halogens is 2. The topological polar surface area (TPSA) is 37.3 Å². The minimum Gasteiger partial charge on any atom is -0.481 e. The maximum atomic E-state index is 12.8. The lowest BCUT2D eigenvalue weighted by molar-refractivity contribution is -0.139. The Bertz CT molecular complexity index is 243. The average molecular weight is 204 g/mol. The van der Waals surface area contributed by atoms with Gasteiger partial charge in [-0.05, 0) is 31.1 Å². The van der Waals surface area contributed by atoms with Crippen LogP contribution in [0.25, 0.3) is 0 Å². The number of hydrogen-bond acceptors (Lipinski definition) is 1. The lowest BCUT2D eigenvalue weighted by Gasteiger charge is -2.28. The first-order valence-electron chi connectivity index (χ1n) is 5.10. The summed E-state index contributed by atoms with van der Waals surface area (Å²) in [4.78, 5) is 10.6. The predicted octanol–water partition coefficient (Wildman–Crippen LogP) is 2.53. The molecule has 4 heteroatoms. The van der Waals surface area contributed by atoms with Crippen LogP contribution in [0.1, 0.15) is 32.1 Å². The van der Waals surface area contributed by atoms with Gasteiger partial charge in [0.1, 0.15) is 0 Å². The average Bonchev–Trinajstić information content (AvgIpc) is 2.83. The molecule has 0 aromatic rings. The second-order valence-corrected chi connectivity index (χ2v) is 4.54. The third-order valence-electron chi connectivity index (χ3n) is 3.52. The molecule has 0 heterocycles. The maximum absolute atomic E-state index is 12.8. The van der Waals surface area contributed by atoms with Crippen LogP contribution in [0.3, 0.4) is 0 Å². The normalized spacial score (nSPS) is 36.7. The molecule has 2 aliphatic carbocycles. The summed E-state index contributed by atoms with van der Waals surface area (Å²) in [5.41, 5.74) is 0. The smallest absolute Gasteiger partial charge is 0.306 e. The molecule has 0 aliphatic heterocycles. The van der Waals surface area contributed by atoms with Crippen molar-refractivity contribution in [2.45, 2.75) is 38.0 Å². The lowest BCUT2D eigenvalue weighted by atomic mass is 9.83. The first-order valence-corrected chi connectivity index (χ1v) is 5.10. The summed E-state index contributed by atoms with van der Waals surface area (Å²) in [6, 6.07) is 0. The third kappa shape index (κ3) is 1.88. The number of aliphatic carboxylic acids is 1. The van der Waals surface area contributed by atoms with Crippen molar-refractivity contribution in [1.82, 2.24) is 0 Å². The van der Waals surface area contributed by atoms with Crippen LogP contribution in [0.4, 0.5) is 8.78 Å². The fraction of sp³-hybridized carbons (Fsp3) is 0.900. The highest BCUT2D eigenvalue weighted by molar-refractivity contribution is 5.73. The van der Waals surface area contributed by atoms with Gasteiger partial charge in [-0.15, -0.1) is 0 Å². The number of alkyl halides is 2. The van der Waals surface area contributed by atoms with Crippen molar-refractivity contribution >= 4 is 5.97 Å². The van der Waals surface area contributed by atoms with Crippen LogP contribution >= 0.6 is 0 Å². The highest BCUT2D eigenvalue weighted by Gasteiger charge is 2.50. The monoisotopic (exact) mass is 204 g/mol. The summed E-state index contributed by atoms with van der Waals surface area (Å²) in [5, 5.41) is 8.71. The van der Waals surface area contributed by atoms with E-state index in [4.69, 9.17) is 5.11 Å². The van der Waals surface area contributed by atoms with Crippen molar-refractivity contribution in [3.8, 4) is 0 Å². The van der Waals surface area contributed by atoms with Crippen LogP contribution in [0.15, 0.2) is 0 Å². The summed E-state index contributed by atoms with van der Waals surface area (Å²) in [7, 11) is 0. The Labute approximate surface area is 81.3 Å². The molecule has 2 saturated carbocycles. The van der Waals surface area contributed by atoms with Gasteiger partial charge in [0, 0.05) is 12.8 Å². The Hall–Kier alpha value is -0.670. The van der Waals surface area contributed by atoms with E-state index < -0.39 is 11.9 Å². The molecule has 0 bridgehead atoms. The third-order valence-corrected chi connectivity index (χ3v) is 3.52. The molecule has 80 valence electrons. The van der Waals surface area contributed by atoms with E-state index in [-0.39, 0.29) is 30.6 Å². The van der Waals surface area contributed by atoms with E-state index in [2.05, 4.69) is 0 Å². The first-order chi connectivity index (χ1) is 6.49. The molecule has 0 aromatic heterocycles. The van der Waals surface area contributed by atoms with Crippen molar-refractivity contribution in [3.05, 3.63) is 0 Å². The number of hydrogen-bond donors (Lipinski definition) is 1. The van der Waals surface area contributed by atoms with Gasteiger partial charge in [0.25, 0.3) is 0 Å². The second-order valence-electron chi connectivity index (χ2n) is 4.54. The Kier molecular flexibility index (Phi) is 2.24. The molecule has 2 rings (SSSR count). The molecule has 0 aromatic carbocycles. The SMILES string of the molecule is O=C(O)[C@@H]1C[C@H]1C1CCC(F)(F)CC1. The second kappa shape index (κ2) is 3.17. The Morgan fingerprint density at radius 2 is 1.86 bits per heavy atom. The molecular weight excluding hydrogens is 190 g/mol. The van der Waals surface area contributed by atoms with E-state index in [0.717, 1.165) is 0 Å². The van der Waals surface area contributed by atoms with Crippen molar-refractivity contribution in [2.24, 2.45) is 17.8 Å². The van der Waals surface area contributed by atoms with Crippen LogP contribution < -0.4 is 0 Å². The summed E-state index contributed by atoms with van der Waals surface area (Å²) in [5.74, 6) is -3.08. The van der Waals surface area contributed by atoms with E-state index >= 15 is 0 Å². The molecule has 2 aliphatic rings. The van der Waals surface area contributed by atoms with Gasteiger partial charge in [0.15, 0.2) is 0 Å². The summed E-state index contributed by atoms with van der Waals surface area (Å²) >= 11 is 0. The van der Waals surface area contributed by atoms with Gasteiger partial charge in [0.05, 0.1) is 5.92 Å². The van der Waals surface area contributed by atoms with Crippen LogP contribution in [-0.2, 0) is 4.79 Å². The van der Waals surface area contributed by atoms with E-state index in [1.165, 1.54) is 0 Å². The van der Waals surface area contributed by atoms with E-state index in [0.29, 0.717) is 19.3 Å². The van der Waals surface area contributed by atoms with Gasteiger partial charge in [-0.3, -0.25) is 4.79 Å². The number of carboxylic acid groups (broad SMARTS) is 1. The zero-order valence-corrected chi connectivity index (χ0v) is 7.88. The minimum absolute atomic E-state index is 0.0551. The summed E-state index contributed by atoms with van der Waals surface area (Å²) in [6.07, 6.45) is 1.59. The maximum Gasteiger partial charge on any atom is 0.306 e. The number of carbonyl (C=O) groups is 1. The van der Waals surface area contributed by atoms with Gasteiger partial charge in [0.2, 0.25) is 5.92 Å². The molecule has 14 heavy (non-hydrogen) atoms. The van der Waals surface area contributed by atoms with Gasteiger partial charge in [-0.2, -0.15) is 0 Å². The standard InChI is InChI=1S/C10H14F2O2/c11-10(12)3-1-6(2-4-10)7-5-8(7)9(13)14/h6-8H,1-5H2,(H,13,14)/t7-,8+/m0/s1. The molecule has 0 saturated heterocycles. The van der Waals surface area contributed by atoms with Gasteiger partial charge < -0.3 is 5.11 Å². The van der Waals surface area contributed by atoms with Crippen LogP contribution in [0.2, 0.25) is 0 Å². The summed E-state index contributed by atoms with van der Waals surface area (Å²) < 4.78 is 25.6. The summed E-state index contributed by atoms with van der Waals surface area (Å²) in [6.45, 7) is 0. The molecule has 2 atom stereocenters. The molecule has 0 amide bonds. The van der Waals surface area contributed by atoms with Crippen molar-refractivity contribution in [2.75, 3.05) is 0 Å². The number of carboxylic acids is 1. The zero-order chi connectivity index (χ0) is 10.3. The van der Waals surface area contributed by atoms with Crippen molar-refractivity contribution < 1.29 is 18.7 Å². The quantitative estimate of drug-likeness (QED) is 0.750. The van der Waals surface area contributed by atoms with Crippen LogP contribution in [-0.4, -0.2) is 17.0 Å². The first kappa shape index (κ1) is 9.87. The zero-order valence-electron chi connectivity index (χ0n) is 7.88. The Morgan fingerprint density at radius 1 is 1.29 bits per heavy atom. The van der Waals surface area contributed by atoms with Gasteiger partial charge in [-0.1, -0.05) is 0 Å². The van der Waals surface area contributed by atoms with E-state index in [1.54, 1.807) is 0 Å². The largest absolute Gasteiger partial charge is 0.481 e. The molecular formula is C10H14F2O2.